The molecule has 0 spiro atoms. The minimum atomic E-state index is -0.453. The number of piperidine rings is 1. The van der Waals surface area contributed by atoms with E-state index in [0.29, 0.717) is 42.8 Å². The summed E-state index contributed by atoms with van der Waals surface area (Å²) >= 11 is 0. The van der Waals surface area contributed by atoms with Crippen LogP contribution in [0.3, 0.4) is 0 Å². The molecule has 4 aromatic carbocycles. The SMILES string of the molecule is C[N+]1(C)[C@@H]2CC(OC(=O)Nc3cc(CCC(=O)Nc4ccc5cc(CO)ccc5c4)ccc3-c3ccccc3)C[C@H]1[C@@H]1O[C@@H]12. The van der Waals surface area contributed by atoms with Gasteiger partial charge in [-0.15, -0.1) is 0 Å². The fraction of sp³-hybridized carbons (Fsp3) is 0.333. The zero-order valence-corrected chi connectivity index (χ0v) is 25.0. The second-order valence-corrected chi connectivity index (χ2v) is 12.8. The van der Waals surface area contributed by atoms with Gasteiger partial charge in [0, 0.05) is 30.5 Å². The predicted molar refractivity (Wildman–Crippen MR) is 170 cm³/mol. The Kier molecular flexibility index (Phi) is 7.36. The number of anilines is 2. The van der Waals surface area contributed by atoms with E-state index in [0.717, 1.165) is 56.0 Å². The van der Waals surface area contributed by atoms with Gasteiger partial charge in [0.2, 0.25) is 5.91 Å². The molecule has 8 nitrogen and oxygen atoms in total. The van der Waals surface area contributed by atoms with Gasteiger partial charge in [-0.3, -0.25) is 10.1 Å². The van der Waals surface area contributed by atoms with Crippen LogP contribution in [0.4, 0.5) is 16.2 Å². The van der Waals surface area contributed by atoms with Gasteiger partial charge < -0.3 is 24.4 Å². The summed E-state index contributed by atoms with van der Waals surface area (Å²) in [6, 6.07) is 28.1. The van der Waals surface area contributed by atoms with Crippen LogP contribution in [-0.4, -0.2) is 66.1 Å². The summed E-state index contributed by atoms with van der Waals surface area (Å²) in [7, 11) is 4.52. The van der Waals surface area contributed by atoms with Crippen molar-refractivity contribution in [1.82, 2.24) is 0 Å². The molecule has 3 fully saturated rings. The first-order valence-corrected chi connectivity index (χ1v) is 15.4. The van der Waals surface area contributed by atoms with E-state index in [4.69, 9.17) is 9.47 Å². The number of likely N-dealkylation sites (N-methyl/N-ethyl adjacent to an activating group) is 1. The Morgan fingerprint density at radius 2 is 1.57 bits per heavy atom. The quantitative estimate of drug-likeness (QED) is 0.175. The molecule has 226 valence electrons. The molecule has 3 aliphatic rings. The molecule has 3 N–H and O–H groups in total. The number of morpholine rings is 1. The van der Waals surface area contributed by atoms with Gasteiger partial charge in [0.05, 0.1) is 26.4 Å². The van der Waals surface area contributed by atoms with Crippen molar-refractivity contribution < 1.29 is 28.7 Å². The summed E-state index contributed by atoms with van der Waals surface area (Å²) in [6.07, 6.45) is 2.42. The molecule has 1 unspecified atom stereocenters. The Labute approximate surface area is 257 Å². The fourth-order valence-electron chi connectivity index (χ4n) is 7.26. The Hall–Kier alpha value is -4.24. The first-order chi connectivity index (χ1) is 21.3. The highest BCUT2D eigenvalue weighted by molar-refractivity contribution is 5.95. The normalized spacial score (nSPS) is 24.4. The van der Waals surface area contributed by atoms with Gasteiger partial charge in [-0.25, -0.2) is 4.79 Å². The van der Waals surface area contributed by atoms with E-state index in [2.05, 4.69) is 24.7 Å². The summed E-state index contributed by atoms with van der Waals surface area (Å²) in [6.45, 7) is -0.00491. The van der Waals surface area contributed by atoms with Crippen LogP contribution in [0, 0.1) is 0 Å². The largest absolute Gasteiger partial charge is 0.445 e. The highest BCUT2D eigenvalue weighted by Gasteiger charge is 2.70. The number of hydrogen-bond donors (Lipinski definition) is 3. The van der Waals surface area contributed by atoms with E-state index in [1.54, 1.807) is 0 Å². The summed E-state index contributed by atoms with van der Waals surface area (Å²) in [5.41, 5.74) is 5.07. The van der Waals surface area contributed by atoms with Crippen LogP contribution in [0.5, 0.6) is 0 Å². The molecule has 0 radical (unpaired) electrons. The molecule has 2 bridgehead atoms. The summed E-state index contributed by atoms with van der Waals surface area (Å²) in [4.78, 5) is 26.1. The third-order valence-electron chi connectivity index (χ3n) is 9.73. The van der Waals surface area contributed by atoms with Crippen molar-refractivity contribution in [1.29, 1.82) is 0 Å². The van der Waals surface area contributed by atoms with Crippen LogP contribution in [-0.2, 0) is 27.3 Å². The number of carbonyl (C=O) groups excluding carboxylic acids is 2. The zero-order chi connectivity index (χ0) is 30.4. The van der Waals surface area contributed by atoms with Gasteiger partial charge in [-0.2, -0.15) is 0 Å². The third kappa shape index (κ3) is 5.56. The number of amides is 2. The van der Waals surface area contributed by atoms with Crippen molar-refractivity contribution in [3.8, 4) is 11.1 Å². The monoisotopic (exact) mass is 592 g/mol. The number of hydrogen-bond acceptors (Lipinski definition) is 5. The molecule has 4 aromatic rings. The average molecular weight is 593 g/mol. The first-order valence-electron chi connectivity index (χ1n) is 15.4. The maximum atomic E-state index is 13.2. The standard InChI is InChI=1S/C36H37N3O5/c1-39(2)31-19-28(20-32(39)35-34(31)44-35)43-36(42)38-30-17-22(9-14-29(30)24-6-4-3-5-7-24)10-15-33(41)37-27-13-12-25-16-23(21-40)8-11-26(25)18-27/h3-9,11-14,16-18,28,31-32,34-35,40H,10,15,19-21H2,1-2H3,(H-,37,38,41,42)/p+1/t28?,31-,32+,34-,35+. The molecule has 2 amide bonds. The maximum Gasteiger partial charge on any atom is 0.411 e. The number of fused-ring (bicyclic) bond motifs is 6. The van der Waals surface area contributed by atoms with Crippen LogP contribution in [0.15, 0.2) is 84.9 Å². The lowest BCUT2D eigenvalue weighted by Gasteiger charge is -2.45. The van der Waals surface area contributed by atoms with Crippen molar-refractivity contribution in [2.45, 2.75) is 62.7 Å². The second kappa shape index (κ2) is 11.4. The van der Waals surface area contributed by atoms with Crippen LogP contribution in [0.1, 0.15) is 30.4 Å². The number of aliphatic hydroxyl groups excluding tert-OH is 1. The van der Waals surface area contributed by atoms with E-state index in [9.17, 15) is 14.7 Å². The number of benzene rings is 4. The molecule has 3 saturated heterocycles. The van der Waals surface area contributed by atoms with E-state index < -0.39 is 6.09 Å². The van der Waals surface area contributed by atoms with E-state index in [1.807, 2.05) is 84.9 Å². The molecule has 3 aliphatic heterocycles. The molecular formula is C36H38N3O5+. The van der Waals surface area contributed by atoms with Gasteiger partial charge in [-0.1, -0.05) is 60.7 Å². The Morgan fingerprint density at radius 1 is 0.864 bits per heavy atom. The Morgan fingerprint density at radius 3 is 2.32 bits per heavy atom. The molecule has 5 atom stereocenters. The molecule has 0 aromatic heterocycles. The van der Waals surface area contributed by atoms with Crippen molar-refractivity contribution >= 4 is 34.1 Å². The highest BCUT2D eigenvalue weighted by atomic mass is 16.6. The van der Waals surface area contributed by atoms with Gasteiger partial charge in [-0.05, 0) is 58.1 Å². The predicted octanol–water partition coefficient (Wildman–Crippen LogP) is 5.88. The van der Waals surface area contributed by atoms with Crippen molar-refractivity contribution in [2.75, 3.05) is 24.7 Å². The molecule has 7 rings (SSSR count). The van der Waals surface area contributed by atoms with Gasteiger partial charge in [0.25, 0.3) is 0 Å². The molecular weight excluding hydrogens is 554 g/mol. The molecule has 44 heavy (non-hydrogen) atoms. The third-order valence-corrected chi connectivity index (χ3v) is 9.73. The molecule has 0 saturated carbocycles. The van der Waals surface area contributed by atoms with E-state index >= 15 is 0 Å². The van der Waals surface area contributed by atoms with Crippen molar-refractivity contribution in [3.63, 3.8) is 0 Å². The molecule has 8 heteroatoms. The minimum absolute atomic E-state index is 0.00491. The zero-order valence-electron chi connectivity index (χ0n) is 25.0. The lowest BCUT2D eigenvalue weighted by molar-refractivity contribution is -0.938. The van der Waals surface area contributed by atoms with E-state index in [1.165, 1.54) is 0 Å². The second-order valence-electron chi connectivity index (χ2n) is 12.8. The number of rotatable bonds is 8. The lowest BCUT2D eigenvalue weighted by Crippen LogP contribution is -2.60. The minimum Gasteiger partial charge on any atom is -0.445 e. The van der Waals surface area contributed by atoms with Gasteiger partial charge in [0.15, 0.2) is 0 Å². The van der Waals surface area contributed by atoms with Gasteiger partial charge in [0.1, 0.15) is 30.4 Å². The molecule has 0 aliphatic carbocycles. The number of nitrogens with one attached hydrogen (secondary N) is 2. The van der Waals surface area contributed by atoms with Crippen LogP contribution < -0.4 is 10.6 Å². The fourth-order valence-corrected chi connectivity index (χ4v) is 7.26. The summed E-state index contributed by atoms with van der Waals surface area (Å²) in [5, 5.41) is 17.4. The lowest BCUT2D eigenvalue weighted by atomic mass is 9.96. The first kappa shape index (κ1) is 28.5. The average Bonchev–Trinajstić information content (AvgIpc) is 3.79. The number of quaternary nitrogens is 1. The van der Waals surface area contributed by atoms with Crippen molar-refractivity contribution in [2.24, 2.45) is 0 Å². The number of aliphatic hydroxyl groups is 1. The summed E-state index contributed by atoms with van der Waals surface area (Å²) in [5.74, 6) is -0.0901. The number of carbonyl (C=O) groups is 2. The summed E-state index contributed by atoms with van der Waals surface area (Å²) < 4.78 is 12.8. The smallest absolute Gasteiger partial charge is 0.411 e. The number of aryl methyl sites for hydroxylation is 1. The van der Waals surface area contributed by atoms with Gasteiger partial charge >= 0.3 is 6.09 Å². The molecule has 3 heterocycles. The Balaban J connectivity index is 1.02. The number of epoxide rings is 1. The number of nitrogens with zero attached hydrogens (tertiary/aromatic N) is 1. The number of ether oxygens (including phenoxy) is 2. The maximum absolute atomic E-state index is 13.2. The highest BCUT2D eigenvalue weighted by Crippen LogP contribution is 2.51. The topological polar surface area (TPSA) is 100 Å². The van der Waals surface area contributed by atoms with Crippen LogP contribution in [0.2, 0.25) is 0 Å². The van der Waals surface area contributed by atoms with Crippen LogP contribution >= 0.6 is 0 Å². The van der Waals surface area contributed by atoms with Crippen LogP contribution in [0.25, 0.3) is 21.9 Å². The van der Waals surface area contributed by atoms with E-state index in [-0.39, 0.29) is 18.6 Å². The Bertz CT molecular complexity index is 1700. The van der Waals surface area contributed by atoms with Crippen molar-refractivity contribution in [3.05, 3.63) is 96.1 Å².